The van der Waals surface area contributed by atoms with Crippen LogP contribution in [0.4, 0.5) is 17.1 Å². The van der Waals surface area contributed by atoms with Gasteiger partial charge >= 0.3 is 0 Å². The van der Waals surface area contributed by atoms with Gasteiger partial charge in [-0.15, -0.1) is 5.11 Å². The Labute approximate surface area is 117 Å². The van der Waals surface area contributed by atoms with Crippen LogP contribution in [0.5, 0.6) is 0 Å². The van der Waals surface area contributed by atoms with Gasteiger partial charge in [0.1, 0.15) is 5.69 Å². The highest BCUT2D eigenvalue weighted by atomic mass is 15.1. The van der Waals surface area contributed by atoms with Gasteiger partial charge in [0.2, 0.25) is 0 Å². The van der Waals surface area contributed by atoms with E-state index >= 15 is 0 Å². The first-order valence-corrected chi connectivity index (χ1v) is 6.50. The third-order valence-electron chi connectivity index (χ3n) is 3.25. The Morgan fingerprint density at radius 2 is 1.55 bits per heavy atom. The van der Waals surface area contributed by atoms with Gasteiger partial charge < -0.3 is 5.73 Å². The summed E-state index contributed by atoms with van der Waals surface area (Å²) in [5.41, 5.74) is 9.54. The van der Waals surface area contributed by atoms with Crippen molar-refractivity contribution in [3.63, 3.8) is 0 Å². The van der Waals surface area contributed by atoms with Crippen molar-refractivity contribution >= 4 is 27.8 Å². The third kappa shape index (κ3) is 2.38. The van der Waals surface area contributed by atoms with Crippen molar-refractivity contribution in [2.75, 3.05) is 5.73 Å². The van der Waals surface area contributed by atoms with Crippen LogP contribution < -0.4 is 5.73 Å². The van der Waals surface area contributed by atoms with E-state index in [1.807, 2.05) is 67.6 Å². The van der Waals surface area contributed by atoms with E-state index in [1.165, 1.54) is 5.56 Å². The lowest BCUT2D eigenvalue weighted by Crippen LogP contribution is -1.87. The van der Waals surface area contributed by atoms with Crippen LogP contribution in [0.1, 0.15) is 5.56 Å². The molecule has 0 saturated carbocycles. The molecule has 0 heterocycles. The molecule has 98 valence electrons. The van der Waals surface area contributed by atoms with Gasteiger partial charge in [-0.2, -0.15) is 5.11 Å². The van der Waals surface area contributed by atoms with Gasteiger partial charge in [-0.25, -0.2) is 0 Å². The summed E-state index contributed by atoms with van der Waals surface area (Å²) in [6.45, 7) is 2.04. The number of anilines is 1. The fraction of sp³-hybridized carbons (Fsp3) is 0.0588. The van der Waals surface area contributed by atoms with Crippen molar-refractivity contribution in [1.29, 1.82) is 0 Å². The number of benzene rings is 3. The Morgan fingerprint density at radius 1 is 0.800 bits per heavy atom. The van der Waals surface area contributed by atoms with E-state index in [1.54, 1.807) is 0 Å². The first kappa shape index (κ1) is 12.4. The number of hydrogen-bond donors (Lipinski definition) is 1. The van der Waals surface area contributed by atoms with E-state index in [0.717, 1.165) is 16.5 Å². The maximum absolute atomic E-state index is 6.15. The first-order chi connectivity index (χ1) is 9.74. The minimum Gasteiger partial charge on any atom is -0.396 e. The predicted octanol–water partition coefficient (Wildman–Crippen LogP) is 5.15. The van der Waals surface area contributed by atoms with Gasteiger partial charge in [-0.3, -0.25) is 0 Å². The molecule has 2 N–H and O–H groups in total. The molecule has 0 spiro atoms. The standard InChI is InChI=1S/C17H15N3/c1-12-6-9-14(10-7-12)19-20-16-11-8-13-4-2-3-5-15(13)17(16)18/h2-11H,18H2,1H3. The summed E-state index contributed by atoms with van der Waals surface area (Å²) < 4.78 is 0. The van der Waals surface area contributed by atoms with Gasteiger partial charge in [0, 0.05) is 5.39 Å². The van der Waals surface area contributed by atoms with Gasteiger partial charge in [0.15, 0.2) is 0 Å². The molecule has 0 saturated heterocycles. The first-order valence-electron chi connectivity index (χ1n) is 6.50. The van der Waals surface area contributed by atoms with Crippen molar-refractivity contribution in [3.05, 3.63) is 66.2 Å². The van der Waals surface area contributed by atoms with E-state index in [0.29, 0.717) is 11.4 Å². The molecule has 20 heavy (non-hydrogen) atoms. The lowest BCUT2D eigenvalue weighted by Gasteiger charge is -2.04. The molecule has 3 heteroatoms. The molecule has 0 atom stereocenters. The Morgan fingerprint density at radius 3 is 2.35 bits per heavy atom. The molecule has 0 aliphatic rings. The molecular formula is C17H15N3. The largest absolute Gasteiger partial charge is 0.396 e. The van der Waals surface area contributed by atoms with Gasteiger partial charge in [0.05, 0.1) is 11.4 Å². The summed E-state index contributed by atoms with van der Waals surface area (Å²) >= 11 is 0. The zero-order chi connectivity index (χ0) is 13.9. The van der Waals surface area contributed by atoms with Crippen LogP contribution in [0.25, 0.3) is 10.8 Å². The lowest BCUT2D eigenvalue weighted by atomic mass is 10.1. The van der Waals surface area contributed by atoms with Crippen LogP contribution in [0.15, 0.2) is 70.9 Å². The van der Waals surface area contributed by atoms with Crippen LogP contribution in [-0.2, 0) is 0 Å². The number of azo groups is 1. The second kappa shape index (κ2) is 5.13. The number of rotatable bonds is 2. The molecule has 3 nitrogen and oxygen atoms in total. The molecule has 0 bridgehead atoms. The summed E-state index contributed by atoms with van der Waals surface area (Å²) in [5, 5.41) is 10.6. The van der Waals surface area contributed by atoms with E-state index in [4.69, 9.17) is 5.73 Å². The quantitative estimate of drug-likeness (QED) is 0.503. The molecule has 3 aromatic carbocycles. The fourth-order valence-corrected chi connectivity index (χ4v) is 2.09. The van der Waals surface area contributed by atoms with Crippen molar-refractivity contribution in [2.45, 2.75) is 6.92 Å². The summed E-state index contributed by atoms with van der Waals surface area (Å²) in [7, 11) is 0. The maximum atomic E-state index is 6.15. The van der Waals surface area contributed by atoms with Crippen LogP contribution >= 0.6 is 0 Å². The van der Waals surface area contributed by atoms with E-state index in [2.05, 4.69) is 10.2 Å². The van der Waals surface area contributed by atoms with Crippen LogP contribution in [0.3, 0.4) is 0 Å². The van der Waals surface area contributed by atoms with Crippen molar-refractivity contribution in [1.82, 2.24) is 0 Å². The third-order valence-corrected chi connectivity index (χ3v) is 3.25. The number of nitrogen functional groups attached to an aromatic ring is 1. The smallest absolute Gasteiger partial charge is 0.109 e. The van der Waals surface area contributed by atoms with E-state index in [9.17, 15) is 0 Å². The minimum absolute atomic E-state index is 0.666. The van der Waals surface area contributed by atoms with Crippen LogP contribution in [-0.4, -0.2) is 0 Å². The Balaban J connectivity index is 1.98. The van der Waals surface area contributed by atoms with Gasteiger partial charge in [-0.1, -0.05) is 48.0 Å². The molecule has 0 amide bonds. The number of nitrogens with zero attached hydrogens (tertiary/aromatic N) is 2. The van der Waals surface area contributed by atoms with Gasteiger partial charge in [-0.05, 0) is 30.5 Å². The van der Waals surface area contributed by atoms with E-state index in [-0.39, 0.29) is 0 Å². The molecular weight excluding hydrogens is 246 g/mol. The molecule has 0 radical (unpaired) electrons. The SMILES string of the molecule is Cc1ccc(N=Nc2ccc3ccccc3c2N)cc1. The lowest BCUT2D eigenvalue weighted by molar-refractivity contribution is 1.23. The maximum Gasteiger partial charge on any atom is 0.109 e. The number of fused-ring (bicyclic) bond motifs is 1. The summed E-state index contributed by atoms with van der Waals surface area (Å²) in [6.07, 6.45) is 0. The average Bonchev–Trinajstić information content (AvgIpc) is 2.49. The monoisotopic (exact) mass is 261 g/mol. The normalized spacial score (nSPS) is 11.2. The summed E-state index contributed by atoms with van der Waals surface area (Å²) in [4.78, 5) is 0. The second-order valence-corrected chi connectivity index (χ2v) is 4.76. The predicted molar refractivity (Wildman–Crippen MR) is 83.7 cm³/mol. The van der Waals surface area contributed by atoms with Crippen molar-refractivity contribution in [3.8, 4) is 0 Å². The molecule has 0 aromatic heterocycles. The van der Waals surface area contributed by atoms with E-state index < -0.39 is 0 Å². The summed E-state index contributed by atoms with van der Waals surface area (Å²) in [6, 6.07) is 19.8. The Hall–Kier alpha value is -2.68. The average molecular weight is 261 g/mol. The number of nitrogens with two attached hydrogens (primary N) is 1. The highest BCUT2D eigenvalue weighted by molar-refractivity contribution is 5.97. The molecule has 0 aliphatic heterocycles. The molecule has 3 rings (SSSR count). The molecule has 0 aliphatic carbocycles. The number of aryl methyl sites for hydroxylation is 1. The van der Waals surface area contributed by atoms with Crippen molar-refractivity contribution < 1.29 is 0 Å². The minimum atomic E-state index is 0.666. The zero-order valence-corrected chi connectivity index (χ0v) is 11.2. The molecule has 3 aromatic rings. The fourth-order valence-electron chi connectivity index (χ4n) is 2.09. The summed E-state index contributed by atoms with van der Waals surface area (Å²) in [5.74, 6) is 0. The molecule has 0 unspecified atom stereocenters. The van der Waals surface area contributed by atoms with Crippen molar-refractivity contribution in [2.24, 2.45) is 10.2 Å². The highest BCUT2D eigenvalue weighted by Crippen LogP contribution is 2.31. The van der Waals surface area contributed by atoms with Crippen LogP contribution in [0.2, 0.25) is 0 Å². The van der Waals surface area contributed by atoms with Crippen LogP contribution in [0, 0.1) is 6.92 Å². The second-order valence-electron chi connectivity index (χ2n) is 4.76. The zero-order valence-electron chi connectivity index (χ0n) is 11.2. The Kier molecular flexibility index (Phi) is 3.17. The molecule has 0 fully saturated rings. The number of hydrogen-bond acceptors (Lipinski definition) is 3. The Bertz CT molecular complexity index is 774. The highest BCUT2D eigenvalue weighted by Gasteiger charge is 2.02. The topological polar surface area (TPSA) is 50.7 Å². The van der Waals surface area contributed by atoms with Gasteiger partial charge in [0.25, 0.3) is 0 Å².